The van der Waals surface area contributed by atoms with Crippen molar-refractivity contribution in [3.8, 4) is 17.6 Å². The quantitative estimate of drug-likeness (QED) is 0.576. The monoisotopic (exact) mass is 362 g/mol. The van der Waals surface area contributed by atoms with Crippen LogP contribution in [0.5, 0.6) is 11.5 Å². The molecule has 0 unspecified atom stereocenters. The molecule has 144 valence electrons. The first-order chi connectivity index (χ1) is 12.4. The Morgan fingerprint density at radius 2 is 1.88 bits per heavy atom. The molecule has 0 saturated heterocycles. The molecule has 0 aliphatic carbocycles. The summed E-state index contributed by atoms with van der Waals surface area (Å²) in [6, 6.07) is 9.61. The average Bonchev–Trinajstić information content (AvgIpc) is 2.60. The molecule has 0 radical (unpaired) electrons. The SMILES string of the molecule is CCOc1ccccc1OCCCC(=O)N[C@@](C)(C#N)CCOC(C)C. The summed E-state index contributed by atoms with van der Waals surface area (Å²) in [6.07, 6.45) is 1.39. The predicted molar refractivity (Wildman–Crippen MR) is 100 cm³/mol. The van der Waals surface area contributed by atoms with E-state index in [9.17, 15) is 10.1 Å². The van der Waals surface area contributed by atoms with Crippen LogP contribution < -0.4 is 14.8 Å². The van der Waals surface area contributed by atoms with Gasteiger partial charge in [-0.15, -0.1) is 0 Å². The maximum atomic E-state index is 12.1. The number of para-hydroxylation sites is 2. The van der Waals surface area contributed by atoms with E-state index < -0.39 is 5.54 Å². The lowest BCUT2D eigenvalue weighted by atomic mass is 10.00. The van der Waals surface area contributed by atoms with Gasteiger partial charge in [0.25, 0.3) is 0 Å². The summed E-state index contributed by atoms with van der Waals surface area (Å²) in [6.45, 7) is 8.90. The fraction of sp³-hybridized carbons (Fsp3) is 0.600. The first kappa shape index (κ1) is 21.8. The maximum Gasteiger partial charge on any atom is 0.221 e. The molecule has 1 rings (SSSR count). The molecule has 0 aliphatic heterocycles. The van der Waals surface area contributed by atoms with Crippen molar-refractivity contribution in [3.05, 3.63) is 24.3 Å². The summed E-state index contributed by atoms with van der Waals surface area (Å²) in [4.78, 5) is 12.1. The Morgan fingerprint density at radius 1 is 1.23 bits per heavy atom. The predicted octanol–water partition coefficient (Wildman–Crippen LogP) is 3.46. The minimum absolute atomic E-state index is 0.102. The molecule has 6 heteroatoms. The number of amides is 1. The third-order valence-corrected chi connectivity index (χ3v) is 3.67. The van der Waals surface area contributed by atoms with Crippen LogP contribution >= 0.6 is 0 Å². The van der Waals surface area contributed by atoms with Gasteiger partial charge in [0.2, 0.25) is 5.91 Å². The van der Waals surface area contributed by atoms with Crippen molar-refractivity contribution < 1.29 is 19.0 Å². The van der Waals surface area contributed by atoms with Crippen LogP contribution in [0.3, 0.4) is 0 Å². The smallest absolute Gasteiger partial charge is 0.221 e. The van der Waals surface area contributed by atoms with E-state index in [4.69, 9.17) is 14.2 Å². The topological polar surface area (TPSA) is 80.6 Å². The third kappa shape index (κ3) is 8.21. The standard InChI is InChI=1S/C20H30N2O4/c1-5-24-17-9-6-7-10-18(17)26-13-8-11-19(23)22-20(4,15-21)12-14-25-16(2)3/h6-7,9-10,16H,5,8,11-14H2,1-4H3,(H,22,23)/t20-/m1/s1. The number of carbonyl (C=O) groups is 1. The molecule has 0 bridgehead atoms. The highest BCUT2D eigenvalue weighted by Crippen LogP contribution is 2.26. The zero-order valence-corrected chi connectivity index (χ0v) is 16.2. The van der Waals surface area contributed by atoms with Crippen LogP contribution in [0.2, 0.25) is 0 Å². The lowest BCUT2D eigenvalue weighted by Gasteiger charge is -2.23. The van der Waals surface area contributed by atoms with Gasteiger partial charge in [-0.1, -0.05) is 12.1 Å². The molecule has 0 heterocycles. The van der Waals surface area contributed by atoms with Crippen molar-refractivity contribution in [2.45, 2.75) is 58.6 Å². The van der Waals surface area contributed by atoms with Crippen LogP contribution in [0, 0.1) is 11.3 Å². The fourth-order valence-corrected chi connectivity index (χ4v) is 2.27. The highest BCUT2D eigenvalue weighted by Gasteiger charge is 2.25. The van der Waals surface area contributed by atoms with Crippen LogP contribution in [0.4, 0.5) is 0 Å². The van der Waals surface area contributed by atoms with E-state index in [0.717, 1.165) is 0 Å². The lowest BCUT2D eigenvalue weighted by Crippen LogP contribution is -2.45. The number of hydrogen-bond acceptors (Lipinski definition) is 5. The van der Waals surface area contributed by atoms with Crippen LogP contribution in [0.15, 0.2) is 24.3 Å². The van der Waals surface area contributed by atoms with Crippen LogP contribution in [-0.4, -0.2) is 37.4 Å². The minimum Gasteiger partial charge on any atom is -0.490 e. The fourth-order valence-electron chi connectivity index (χ4n) is 2.27. The van der Waals surface area contributed by atoms with Crippen molar-refractivity contribution in [2.24, 2.45) is 0 Å². The van der Waals surface area contributed by atoms with E-state index in [2.05, 4.69) is 11.4 Å². The second-order valence-electron chi connectivity index (χ2n) is 6.49. The number of nitriles is 1. The van der Waals surface area contributed by atoms with Gasteiger partial charge in [0.15, 0.2) is 11.5 Å². The Bertz CT molecular complexity index is 598. The molecule has 0 aromatic heterocycles. The molecule has 0 aliphatic rings. The van der Waals surface area contributed by atoms with Gasteiger partial charge in [-0.3, -0.25) is 4.79 Å². The molecule has 1 atom stereocenters. The first-order valence-corrected chi connectivity index (χ1v) is 9.08. The maximum absolute atomic E-state index is 12.1. The summed E-state index contributed by atoms with van der Waals surface area (Å²) in [5, 5.41) is 12.1. The van der Waals surface area contributed by atoms with E-state index in [-0.39, 0.29) is 12.0 Å². The number of nitrogens with one attached hydrogen (secondary N) is 1. The van der Waals surface area contributed by atoms with Crippen molar-refractivity contribution in [1.29, 1.82) is 5.26 Å². The Balaban J connectivity index is 2.36. The Morgan fingerprint density at radius 3 is 2.46 bits per heavy atom. The molecule has 1 N–H and O–H groups in total. The van der Waals surface area contributed by atoms with Crippen molar-refractivity contribution in [1.82, 2.24) is 5.32 Å². The van der Waals surface area contributed by atoms with E-state index in [1.165, 1.54) is 0 Å². The number of ether oxygens (including phenoxy) is 3. The van der Waals surface area contributed by atoms with E-state index in [1.54, 1.807) is 6.92 Å². The molecule has 26 heavy (non-hydrogen) atoms. The number of nitrogens with zero attached hydrogens (tertiary/aromatic N) is 1. The molecular weight excluding hydrogens is 332 g/mol. The van der Waals surface area contributed by atoms with E-state index in [1.807, 2.05) is 45.0 Å². The zero-order chi connectivity index (χ0) is 19.4. The molecule has 1 aromatic carbocycles. The highest BCUT2D eigenvalue weighted by atomic mass is 16.5. The Labute approximate surface area is 156 Å². The van der Waals surface area contributed by atoms with Crippen LogP contribution in [0.25, 0.3) is 0 Å². The van der Waals surface area contributed by atoms with Crippen molar-refractivity contribution in [2.75, 3.05) is 19.8 Å². The van der Waals surface area contributed by atoms with E-state index in [0.29, 0.717) is 50.6 Å². The average molecular weight is 362 g/mol. The van der Waals surface area contributed by atoms with Gasteiger partial charge in [-0.05, 0) is 46.2 Å². The molecule has 0 saturated carbocycles. The highest BCUT2D eigenvalue weighted by molar-refractivity contribution is 5.77. The number of hydrogen-bond donors (Lipinski definition) is 1. The molecule has 0 spiro atoms. The number of benzene rings is 1. The summed E-state index contributed by atoms with van der Waals surface area (Å²) in [5.41, 5.74) is -0.922. The van der Waals surface area contributed by atoms with Gasteiger partial charge < -0.3 is 19.5 Å². The third-order valence-electron chi connectivity index (χ3n) is 3.67. The second-order valence-corrected chi connectivity index (χ2v) is 6.49. The first-order valence-electron chi connectivity index (χ1n) is 9.08. The molecule has 6 nitrogen and oxygen atoms in total. The van der Waals surface area contributed by atoms with Crippen molar-refractivity contribution >= 4 is 5.91 Å². The summed E-state index contributed by atoms with van der Waals surface area (Å²) in [5.74, 6) is 1.20. The van der Waals surface area contributed by atoms with Crippen LogP contribution in [0.1, 0.15) is 47.0 Å². The summed E-state index contributed by atoms with van der Waals surface area (Å²) < 4.78 is 16.7. The molecule has 0 fully saturated rings. The molecule has 1 aromatic rings. The Hall–Kier alpha value is -2.26. The van der Waals surface area contributed by atoms with Crippen LogP contribution in [-0.2, 0) is 9.53 Å². The van der Waals surface area contributed by atoms with Gasteiger partial charge >= 0.3 is 0 Å². The summed E-state index contributed by atoms with van der Waals surface area (Å²) >= 11 is 0. The number of carbonyl (C=O) groups excluding carboxylic acids is 1. The van der Waals surface area contributed by atoms with Gasteiger partial charge in [-0.25, -0.2) is 0 Å². The largest absolute Gasteiger partial charge is 0.490 e. The van der Waals surface area contributed by atoms with Gasteiger partial charge in [0.1, 0.15) is 5.54 Å². The molecular formula is C20H30N2O4. The number of rotatable bonds is 12. The minimum atomic E-state index is -0.922. The molecule has 1 amide bonds. The van der Waals surface area contributed by atoms with E-state index >= 15 is 0 Å². The van der Waals surface area contributed by atoms with Gasteiger partial charge in [0.05, 0.1) is 32.0 Å². The normalized spacial score (nSPS) is 12.9. The van der Waals surface area contributed by atoms with Gasteiger partial charge in [-0.2, -0.15) is 5.26 Å². The summed E-state index contributed by atoms with van der Waals surface area (Å²) in [7, 11) is 0. The zero-order valence-electron chi connectivity index (χ0n) is 16.2. The lowest BCUT2D eigenvalue weighted by molar-refractivity contribution is -0.122. The van der Waals surface area contributed by atoms with Gasteiger partial charge in [0, 0.05) is 12.8 Å². The van der Waals surface area contributed by atoms with Crippen molar-refractivity contribution in [3.63, 3.8) is 0 Å². The second kappa shape index (κ2) is 11.4. The Kier molecular flexibility index (Phi) is 9.53.